The van der Waals surface area contributed by atoms with Crippen LogP contribution in [-0.2, 0) is 0 Å². The van der Waals surface area contributed by atoms with Crippen LogP contribution in [0.3, 0.4) is 0 Å². The number of benzene rings is 1. The fourth-order valence-corrected chi connectivity index (χ4v) is 9.94. The van der Waals surface area contributed by atoms with Gasteiger partial charge in [-0.3, -0.25) is 0 Å². The molecule has 2 aliphatic heterocycles. The second-order valence-corrected chi connectivity index (χ2v) is 12.4. The fraction of sp³-hybridized carbons (Fsp3) is 0.571. The molecule has 2 aliphatic rings. The van der Waals surface area contributed by atoms with Crippen molar-refractivity contribution in [2.24, 2.45) is 0 Å². The van der Waals surface area contributed by atoms with Crippen LogP contribution in [-0.4, -0.2) is 26.1 Å². The van der Waals surface area contributed by atoms with E-state index in [1.165, 1.54) is 24.9 Å². The molecule has 3 rings (SSSR count). The summed E-state index contributed by atoms with van der Waals surface area (Å²) in [5.41, 5.74) is -0.624. The Balaban J connectivity index is 1.80. The molecule has 2 saturated heterocycles. The molecule has 0 amide bonds. The number of hydrogen-bond donors (Lipinski definition) is 0. The van der Waals surface area contributed by atoms with Gasteiger partial charge in [-0.05, 0) is 0 Å². The summed E-state index contributed by atoms with van der Waals surface area (Å²) >= 11 is 0. The third kappa shape index (κ3) is 2.66. The molecule has 0 saturated carbocycles. The summed E-state index contributed by atoms with van der Waals surface area (Å²) < 4.78 is 28.1. The monoisotopic (exact) mass is 313 g/mol. The Bertz CT molecular complexity index is 543. The van der Waals surface area contributed by atoms with Crippen molar-refractivity contribution in [2.75, 3.05) is 18.0 Å². The van der Waals surface area contributed by atoms with Crippen LogP contribution in [0.25, 0.3) is 0 Å². The van der Waals surface area contributed by atoms with Gasteiger partial charge in [0.15, 0.2) is 0 Å². The van der Waals surface area contributed by atoms with Crippen molar-refractivity contribution in [2.45, 2.75) is 37.0 Å². The van der Waals surface area contributed by atoms with Crippen LogP contribution < -0.4 is 4.90 Å². The maximum absolute atomic E-state index is 14.1. The Labute approximate surface area is 122 Å². The summed E-state index contributed by atoms with van der Waals surface area (Å²) in [7, 11) is -1.46. The van der Waals surface area contributed by atoms with E-state index in [-0.39, 0.29) is 5.69 Å². The molecule has 1 aromatic rings. The molecule has 0 radical (unpaired) electrons. The Kier molecular flexibility index (Phi) is 3.69. The van der Waals surface area contributed by atoms with Crippen molar-refractivity contribution in [3.63, 3.8) is 0 Å². The second-order valence-electron chi connectivity index (χ2n) is 6.60. The van der Waals surface area contributed by atoms with Crippen LogP contribution in [0.2, 0.25) is 24.2 Å². The van der Waals surface area contributed by atoms with E-state index in [0.29, 0.717) is 13.1 Å². The number of non-ortho nitro benzene ring substituents is 1. The van der Waals surface area contributed by atoms with Crippen molar-refractivity contribution >= 4 is 19.4 Å². The summed E-state index contributed by atoms with van der Waals surface area (Å²) in [5.74, 6) is -1.65. The first kappa shape index (κ1) is 14.4. The number of rotatable bonds is 2. The maximum atomic E-state index is 14.1. The molecule has 116 valence electrons. The number of halogens is 2. The number of anilines is 1. The van der Waals surface area contributed by atoms with E-state index in [0.717, 1.165) is 24.2 Å². The van der Waals surface area contributed by atoms with Crippen LogP contribution in [0.4, 0.5) is 20.2 Å². The van der Waals surface area contributed by atoms with E-state index < -0.39 is 30.3 Å². The van der Waals surface area contributed by atoms with Gasteiger partial charge in [0.2, 0.25) is 0 Å². The van der Waals surface area contributed by atoms with Crippen molar-refractivity contribution in [1.29, 1.82) is 0 Å². The van der Waals surface area contributed by atoms with Gasteiger partial charge in [0, 0.05) is 0 Å². The molecule has 2 heterocycles. The van der Waals surface area contributed by atoms with Crippen LogP contribution in [0.1, 0.15) is 12.8 Å². The van der Waals surface area contributed by atoms with E-state index in [1.54, 1.807) is 4.90 Å². The molecule has 0 bridgehead atoms. The molecule has 2 fully saturated rings. The minimum absolute atomic E-state index is 0.0905. The van der Waals surface area contributed by atoms with E-state index in [1.807, 2.05) is 0 Å². The Hall–Kier alpha value is -1.50. The molecule has 21 heavy (non-hydrogen) atoms. The topological polar surface area (TPSA) is 46.4 Å². The van der Waals surface area contributed by atoms with Gasteiger partial charge in [0.25, 0.3) is 0 Å². The summed E-state index contributed by atoms with van der Waals surface area (Å²) in [6.07, 6.45) is 2.65. The van der Waals surface area contributed by atoms with Gasteiger partial charge in [-0.25, -0.2) is 0 Å². The van der Waals surface area contributed by atoms with Gasteiger partial charge in [-0.1, -0.05) is 0 Å². The van der Waals surface area contributed by atoms with Crippen molar-refractivity contribution in [1.82, 2.24) is 0 Å². The minimum atomic E-state index is -1.46. The third-order valence-corrected chi connectivity index (χ3v) is 11.7. The summed E-state index contributed by atoms with van der Waals surface area (Å²) in [6.45, 7) is 1.38. The molecule has 1 spiro atoms. The zero-order valence-corrected chi connectivity index (χ0v) is 13.0. The van der Waals surface area contributed by atoms with Crippen LogP contribution in [0.15, 0.2) is 12.1 Å². The van der Waals surface area contributed by atoms with Gasteiger partial charge in [0.05, 0.1) is 0 Å². The molecule has 0 N–H and O–H groups in total. The molecule has 4 nitrogen and oxygen atoms in total. The standard InChI is InChI=1S/C14H19F2N2O2Si/c15-12-9-11(18(19)20)10-13(16)14(12)17-3-7-21(8-4-17)5-1-2-6-21/h9-10,21H,1-8H2/q-1. The van der Waals surface area contributed by atoms with Gasteiger partial charge in [-0.2, -0.15) is 0 Å². The zero-order chi connectivity index (χ0) is 15.0. The molecule has 0 aliphatic carbocycles. The first-order chi connectivity index (χ1) is 10.0. The summed E-state index contributed by atoms with van der Waals surface area (Å²) in [6, 6.07) is 6.63. The SMILES string of the molecule is O=[N+]([O-])c1cc(F)c(N2CC[SiH-]3(CCCC3)CC2)c(F)c1. The van der Waals surface area contributed by atoms with E-state index in [4.69, 9.17) is 0 Å². The van der Waals surface area contributed by atoms with Gasteiger partial charge < -0.3 is 0 Å². The quantitative estimate of drug-likeness (QED) is 0.475. The average molecular weight is 313 g/mol. The molecule has 7 heteroatoms. The number of nitrogens with zero attached hydrogens (tertiary/aromatic N) is 2. The van der Waals surface area contributed by atoms with Crippen molar-refractivity contribution in [3.05, 3.63) is 33.9 Å². The van der Waals surface area contributed by atoms with Gasteiger partial charge in [0.1, 0.15) is 0 Å². The number of nitro groups is 1. The molecule has 0 unspecified atom stereocenters. The van der Waals surface area contributed by atoms with Crippen molar-refractivity contribution < 1.29 is 13.7 Å². The molecule has 0 aromatic heterocycles. The Morgan fingerprint density at radius 1 is 1.05 bits per heavy atom. The van der Waals surface area contributed by atoms with E-state index >= 15 is 0 Å². The predicted molar refractivity (Wildman–Crippen MR) is 80.8 cm³/mol. The predicted octanol–water partition coefficient (Wildman–Crippen LogP) is 3.67. The third-order valence-electron chi connectivity index (χ3n) is 5.43. The Morgan fingerprint density at radius 2 is 1.57 bits per heavy atom. The summed E-state index contributed by atoms with van der Waals surface area (Å²) in [5, 5.41) is 10.6. The zero-order valence-electron chi connectivity index (χ0n) is 11.9. The molecule has 0 atom stereocenters. The molecular formula is C14H19F2N2O2Si-. The van der Waals surface area contributed by atoms with Crippen molar-refractivity contribution in [3.8, 4) is 0 Å². The fourth-order valence-electron chi connectivity index (χ4n) is 4.18. The van der Waals surface area contributed by atoms with E-state index in [2.05, 4.69) is 0 Å². The van der Waals surface area contributed by atoms with Crippen LogP contribution in [0.5, 0.6) is 0 Å². The van der Waals surface area contributed by atoms with E-state index in [9.17, 15) is 18.9 Å². The molecule has 1 aromatic carbocycles. The summed E-state index contributed by atoms with van der Waals surface area (Å²) in [4.78, 5) is 11.6. The first-order valence-electron chi connectivity index (χ1n) is 7.61. The van der Waals surface area contributed by atoms with Gasteiger partial charge >= 0.3 is 122 Å². The van der Waals surface area contributed by atoms with Crippen LogP contribution >= 0.6 is 0 Å². The van der Waals surface area contributed by atoms with Gasteiger partial charge in [-0.15, -0.1) is 0 Å². The first-order valence-corrected chi connectivity index (χ1v) is 10.9. The normalized spacial score (nSPS) is 22.5. The number of hydrogen-bond acceptors (Lipinski definition) is 3. The molecular weight excluding hydrogens is 294 g/mol. The average Bonchev–Trinajstić information content (AvgIpc) is 2.88. The second kappa shape index (κ2) is 5.36. The van der Waals surface area contributed by atoms with Crippen LogP contribution in [0, 0.1) is 21.7 Å². The Morgan fingerprint density at radius 3 is 2.05 bits per heavy atom. The number of nitro benzene ring substituents is 1.